The summed E-state index contributed by atoms with van der Waals surface area (Å²) in [6, 6.07) is 3.34. The van der Waals surface area contributed by atoms with E-state index in [9.17, 15) is 18.0 Å². The molecule has 0 heterocycles. The van der Waals surface area contributed by atoms with Gasteiger partial charge in [0, 0.05) is 5.69 Å². The van der Waals surface area contributed by atoms with E-state index in [-0.39, 0.29) is 18.8 Å². The van der Waals surface area contributed by atoms with Crippen molar-refractivity contribution in [1.29, 1.82) is 0 Å². The highest BCUT2D eigenvalue weighted by Gasteiger charge is 2.30. The molecule has 1 aromatic rings. The number of anilines is 1. The van der Waals surface area contributed by atoms with Gasteiger partial charge in [0.2, 0.25) is 0 Å². The maximum absolute atomic E-state index is 12.5. The van der Waals surface area contributed by atoms with Crippen molar-refractivity contribution >= 4 is 11.7 Å². The van der Waals surface area contributed by atoms with Gasteiger partial charge < -0.3 is 10.1 Å². The number of benzene rings is 1. The second-order valence-corrected chi connectivity index (χ2v) is 3.69. The molecule has 0 bridgehead atoms. The predicted molar refractivity (Wildman–Crippen MR) is 61.3 cm³/mol. The first-order chi connectivity index (χ1) is 8.34. The molecule has 0 saturated carbocycles. The summed E-state index contributed by atoms with van der Waals surface area (Å²) in [5.74, 6) is -0.505. The van der Waals surface area contributed by atoms with E-state index >= 15 is 0 Å². The number of hydrogen-bond acceptors (Lipinski definition) is 3. The zero-order chi connectivity index (χ0) is 13.8. The van der Waals surface area contributed by atoms with Gasteiger partial charge in [-0.1, -0.05) is 6.07 Å². The molecule has 0 aliphatic carbocycles. The SMILES string of the molecule is CCOC(=O)CNc1cc(C(F)(F)F)ccc1C. The molecule has 0 aliphatic heterocycles. The molecule has 0 unspecified atom stereocenters. The summed E-state index contributed by atoms with van der Waals surface area (Å²) < 4.78 is 42.2. The van der Waals surface area contributed by atoms with Crippen LogP contribution in [0.5, 0.6) is 0 Å². The van der Waals surface area contributed by atoms with Gasteiger partial charge >= 0.3 is 12.1 Å². The second-order valence-electron chi connectivity index (χ2n) is 3.69. The topological polar surface area (TPSA) is 38.3 Å². The third-order valence-corrected chi connectivity index (χ3v) is 2.29. The number of esters is 1. The van der Waals surface area contributed by atoms with Crippen molar-refractivity contribution in [1.82, 2.24) is 0 Å². The van der Waals surface area contributed by atoms with Crippen LogP contribution in [0.1, 0.15) is 18.1 Å². The third kappa shape index (κ3) is 3.94. The Bertz CT molecular complexity index is 430. The molecule has 0 atom stereocenters. The number of nitrogens with one attached hydrogen (secondary N) is 1. The van der Waals surface area contributed by atoms with Crippen molar-refractivity contribution in [2.24, 2.45) is 0 Å². The zero-order valence-electron chi connectivity index (χ0n) is 10.1. The lowest BCUT2D eigenvalue weighted by atomic mass is 10.1. The van der Waals surface area contributed by atoms with Crippen LogP contribution in [0.2, 0.25) is 0 Å². The highest BCUT2D eigenvalue weighted by atomic mass is 19.4. The summed E-state index contributed by atoms with van der Waals surface area (Å²) in [5, 5.41) is 2.64. The first-order valence-corrected chi connectivity index (χ1v) is 5.42. The zero-order valence-corrected chi connectivity index (χ0v) is 10.1. The highest BCUT2D eigenvalue weighted by Crippen LogP contribution is 2.31. The monoisotopic (exact) mass is 261 g/mol. The van der Waals surface area contributed by atoms with Crippen LogP contribution in [-0.2, 0) is 15.7 Å². The third-order valence-electron chi connectivity index (χ3n) is 2.29. The lowest BCUT2D eigenvalue weighted by Crippen LogP contribution is -2.17. The van der Waals surface area contributed by atoms with E-state index in [0.29, 0.717) is 5.56 Å². The van der Waals surface area contributed by atoms with Crippen LogP contribution in [-0.4, -0.2) is 19.1 Å². The van der Waals surface area contributed by atoms with Gasteiger partial charge in [0.15, 0.2) is 0 Å². The number of carbonyl (C=O) groups excluding carboxylic acids is 1. The van der Waals surface area contributed by atoms with Crippen LogP contribution in [0.15, 0.2) is 18.2 Å². The van der Waals surface area contributed by atoms with E-state index in [1.165, 1.54) is 6.07 Å². The Balaban J connectivity index is 2.79. The number of aryl methyl sites for hydroxylation is 1. The van der Waals surface area contributed by atoms with E-state index < -0.39 is 17.7 Å². The molecule has 0 amide bonds. The van der Waals surface area contributed by atoms with Gasteiger partial charge in [0.1, 0.15) is 6.54 Å². The van der Waals surface area contributed by atoms with Gasteiger partial charge in [-0.2, -0.15) is 13.2 Å². The first kappa shape index (κ1) is 14.3. The number of carbonyl (C=O) groups is 1. The minimum Gasteiger partial charge on any atom is -0.465 e. The summed E-state index contributed by atoms with van der Waals surface area (Å²) in [6.45, 7) is 3.40. The van der Waals surface area contributed by atoms with Gasteiger partial charge in [-0.05, 0) is 31.5 Å². The van der Waals surface area contributed by atoms with Crippen LogP contribution < -0.4 is 5.32 Å². The van der Waals surface area contributed by atoms with Crippen LogP contribution in [0.4, 0.5) is 18.9 Å². The van der Waals surface area contributed by atoms with Crippen molar-refractivity contribution in [3.05, 3.63) is 29.3 Å². The van der Waals surface area contributed by atoms with Crippen molar-refractivity contribution < 1.29 is 22.7 Å². The lowest BCUT2D eigenvalue weighted by Gasteiger charge is -2.12. The minimum atomic E-state index is -4.39. The minimum absolute atomic E-state index is 0.157. The van der Waals surface area contributed by atoms with Crippen LogP contribution in [0.3, 0.4) is 0 Å². The summed E-state index contributed by atoms with van der Waals surface area (Å²) >= 11 is 0. The molecule has 0 aliphatic rings. The average Bonchev–Trinajstić information content (AvgIpc) is 2.26. The van der Waals surface area contributed by atoms with Crippen molar-refractivity contribution in [2.45, 2.75) is 20.0 Å². The quantitative estimate of drug-likeness (QED) is 0.847. The molecule has 3 nitrogen and oxygen atoms in total. The molecule has 6 heteroatoms. The Labute approximate surface area is 103 Å². The summed E-state index contributed by atoms with van der Waals surface area (Å²) in [4.78, 5) is 11.1. The molecule has 18 heavy (non-hydrogen) atoms. The van der Waals surface area contributed by atoms with Gasteiger partial charge in [-0.25, -0.2) is 0 Å². The molecule has 0 spiro atoms. The molecule has 1 N–H and O–H groups in total. The molecule has 0 fully saturated rings. The largest absolute Gasteiger partial charge is 0.465 e. The maximum Gasteiger partial charge on any atom is 0.416 e. The Morgan fingerprint density at radius 1 is 1.39 bits per heavy atom. The molecule has 0 saturated heterocycles. The smallest absolute Gasteiger partial charge is 0.416 e. The van der Waals surface area contributed by atoms with Crippen molar-refractivity contribution in [3.8, 4) is 0 Å². The molecular formula is C12H14F3NO2. The van der Waals surface area contributed by atoms with E-state index in [0.717, 1.165) is 12.1 Å². The fourth-order valence-corrected chi connectivity index (χ4v) is 1.37. The van der Waals surface area contributed by atoms with E-state index in [2.05, 4.69) is 10.1 Å². The Hall–Kier alpha value is -1.72. The van der Waals surface area contributed by atoms with E-state index in [1.807, 2.05) is 0 Å². The number of ether oxygens (including phenoxy) is 1. The fourth-order valence-electron chi connectivity index (χ4n) is 1.37. The number of alkyl halides is 3. The van der Waals surface area contributed by atoms with E-state index in [4.69, 9.17) is 0 Å². The van der Waals surface area contributed by atoms with Crippen LogP contribution in [0.25, 0.3) is 0 Å². The number of halogens is 3. The molecule has 1 rings (SSSR count). The van der Waals surface area contributed by atoms with Crippen LogP contribution >= 0.6 is 0 Å². The van der Waals surface area contributed by atoms with Crippen LogP contribution in [0, 0.1) is 6.92 Å². The Morgan fingerprint density at radius 3 is 2.61 bits per heavy atom. The molecular weight excluding hydrogens is 247 g/mol. The molecule has 1 aromatic carbocycles. The molecule has 0 radical (unpaired) electrons. The van der Waals surface area contributed by atoms with Crippen molar-refractivity contribution in [2.75, 3.05) is 18.5 Å². The van der Waals surface area contributed by atoms with Gasteiger partial charge in [-0.3, -0.25) is 4.79 Å². The summed E-state index contributed by atoms with van der Waals surface area (Å²) in [6.07, 6.45) is -4.39. The first-order valence-electron chi connectivity index (χ1n) is 5.42. The fraction of sp³-hybridized carbons (Fsp3) is 0.417. The van der Waals surface area contributed by atoms with Gasteiger partial charge in [0.05, 0.1) is 12.2 Å². The Kier molecular flexibility index (Phi) is 4.58. The average molecular weight is 261 g/mol. The number of hydrogen-bond donors (Lipinski definition) is 1. The lowest BCUT2D eigenvalue weighted by molar-refractivity contribution is -0.141. The van der Waals surface area contributed by atoms with E-state index in [1.54, 1.807) is 13.8 Å². The summed E-state index contributed by atoms with van der Waals surface area (Å²) in [7, 11) is 0. The molecule has 0 aromatic heterocycles. The van der Waals surface area contributed by atoms with Gasteiger partial charge in [-0.15, -0.1) is 0 Å². The Morgan fingerprint density at radius 2 is 2.06 bits per heavy atom. The summed E-state index contributed by atoms with van der Waals surface area (Å²) in [5.41, 5.74) is 0.157. The normalized spacial score (nSPS) is 11.2. The molecule has 100 valence electrons. The van der Waals surface area contributed by atoms with Gasteiger partial charge in [0.25, 0.3) is 0 Å². The second kappa shape index (κ2) is 5.75. The number of rotatable bonds is 4. The highest BCUT2D eigenvalue weighted by molar-refractivity contribution is 5.75. The maximum atomic E-state index is 12.5. The standard InChI is InChI=1S/C12H14F3NO2/c1-3-18-11(17)7-16-10-6-9(12(13,14)15)5-4-8(10)2/h4-6,16H,3,7H2,1-2H3. The van der Waals surface area contributed by atoms with Crippen molar-refractivity contribution in [3.63, 3.8) is 0 Å². The predicted octanol–water partition coefficient (Wildman–Crippen LogP) is 2.99.